The number of carboxylic acid groups (broad SMARTS) is 1. The van der Waals surface area contributed by atoms with Crippen LogP contribution in [0.3, 0.4) is 0 Å². The van der Waals surface area contributed by atoms with E-state index < -0.39 is 47.0 Å². The first kappa shape index (κ1) is 26.0. The van der Waals surface area contributed by atoms with Crippen molar-refractivity contribution < 1.29 is 24.3 Å². The molecule has 3 fully saturated rings. The topological polar surface area (TPSA) is 143 Å². The molecule has 1 aromatic carbocycles. The van der Waals surface area contributed by atoms with Gasteiger partial charge in [0.25, 0.3) is 0 Å². The average Bonchev–Trinajstić information content (AvgIpc) is 3.78. The molecule has 4 atom stereocenters. The number of nitriles is 1. The molecule has 38 heavy (non-hydrogen) atoms. The standard InChI is InChI=1S/C28H35N5O5/c1-27(2,3)33(26(37)38)22(17-10-11-17)23(34)30-21(12-16-8-9-16)24(35)32-15-28(13-18(32)14-29)19-6-4-5-7-20(19)31-25(28)36/h4-7,16-18,21-22H,8-13,15H2,1-3H3,(H,30,34)(H,31,36)(H,37,38)/t18-,21-,22-,28-/m0/s1. The maximum absolute atomic E-state index is 14.0. The Morgan fingerprint density at radius 3 is 2.50 bits per heavy atom. The monoisotopic (exact) mass is 521 g/mol. The van der Waals surface area contributed by atoms with Crippen LogP contribution in [0.4, 0.5) is 10.5 Å². The van der Waals surface area contributed by atoms with Crippen LogP contribution in [0.1, 0.15) is 64.9 Å². The van der Waals surface area contributed by atoms with Crippen LogP contribution in [0.25, 0.3) is 0 Å². The fourth-order valence-electron chi connectivity index (χ4n) is 6.13. The van der Waals surface area contributed by atoms with Crippen molar-refractivity contribution in [1.82, 2.24) is 15.1 Å². The summed E-state index contributed by atoms with van der Waals surface area (Å²) in [5, 5.41) is 25.7. The second kappa shape index (κ2) is 9.29. The van der Waals surface area contributed by atoms with Crippen LogP contribution in [0, 0.1) is 23.2 Å². The molecule has 10 nitrogen and oxygen atoms in total. The van der Waals surface area contributed by atoms with Gasteiger partial charge in [0.05, 0.1) is 11.5 Å². The number of para-hydroxylation sites is 1. The molecule has 4 aliphatic rings. The highest BCUT2D eigenvalue weighted by Gasteiger charge is 2.57. The minimum absolute atomic E-state index is 0.0548. The van der Waals surface area contributed by atoms with Gasteiger partial charge in [-0.25, -0.2) is 4.79 Å². The van der Waals surface area contributed by atoms with Gasteiger partial charge in [0.2, 0.25) is 17.7 Å². The van der Waals surface area contributed by atoms with Crippen molar-refractivity contribution in [3.63, 3.8) is 0 Å². The lowest BCUT2D eigenvalue weighted by atomic mass is 9.80. The van der Waals surface area contributed by atoms with Gasteiger partial charge < -0.3 is 20.6 Å². The molecule has 1 saturated heterocycles. The second-order valence-corrected chi connectivity index (χ2v) is 12.2. The zero-order valence-corrected chi connectivity index (χ0v) is 22.1. The number of nitrogens with one attached hydrogen (secondary N) is 2. The molecular weight excluding hydrogens is 486 g/mol. The Bertz CT molecular complexity index is 1210. The van der Waals surface area contributed by atoms with Gasteiger partial charge >= 0.3 is 6.09 Å². The van der Waals surface area contributed by atoms with E-state index in [1.54, 1.807) is 20.8 Å². The number of nitrogens with zero attached hydrogens (tertiary/aromatic N) is 3. The van der Waals surface area contributed by atoms with Crippen LogP contribution in [-0.4, -0.2) is 68.9 Å². The van der Waals surface area contributed by atoms with E-state index in [1.807, 2.05) is 24.3 Å². The maximum atomic E-state index is 14.0. The number of hydrogen-bond donors (Lipinski definition) is 3. The van der Waals surface area contributed by atoms with E-state index in [0.717, 1.165) is 31.2 Å². The molecule has 4 amide bonds. The number of amides is 4. The first-order valence-electron chi connectivity index (χ1n) is 13.4. The van der Waals surface area contributed by atoms with E-state index in [0.29, 0.717) is 12.1 Å². The fourth-order valence-corrected chi connectivity index (χ4v) is 6.13. The van der Waals surface area contributed by atoms with Crippen molar-refractivity contribution in [3.8, 4) is 6.07 Å². The zero-order chi connectivity index (χ0) is 27.4. The number of hydrogen-bond acceptors (Lipinski definition) is 5. The van der Waals surface area contributed by atoms with E-state index in [9.17, 15) is 29.5 Å². The largest absolute Gasteiger partial charge is 0.465 e. The Hall–Kier alpha value is -3.61. The van der Waals surface area contributed by atoms with Crippen molar-refractivity contribution in [1.29, 1.82) is 5.26 Å². The highest BCUT2D eigenvalue weighted by atomic mass is 16.4. The van der Waals surface area contributed by atoms with Gasteiger partial charge in [0.15, 0.2) is 0 Å². The van der Waals surface area contributed by atoms with Crippen molar-refractivity contribution in [2.45, 2.75) is 88.4 Å². The molecule has 2 aliphatic carbocycles. The van der Waals surface area contributed by atoms with Gasteiger partial charge in [-0.2, -0.15) is 5.26 Å². The predicted octanol–water partition coefficient (Wildman–Crippen LogP) is 2.84. The molecule has 1 spiro atoms. The lowest BCUT2D eigenvalue weighted by Crippen LogP contribution is -2.60. The number of benzene rings is 1. The number of carbonyl (C=O) groups excluding carboxylic acids is 3. The summed E-state index contributed by atoms with van der Waals surface area (Å²) in [6, 6.07) is 6.93. The van der Waals surface area contributed by atoms with Crippen molar-refractivity contribution in [2.24, 2.45) is 11.8 Å². The summed E-state index contributed by atoms with van der Waals surface area (Å²) in [6.45, 7) is 5.31. The number of anilines is 1. The van der Waals surface area contributed by atoms with Crippen LogP contribution >= 0.6 is 0 Å². The van der Waals surface area contributed by atoms with Crippen LogP contribution in [-0.2, 0) is 19.8 Å². The van der Waals surface area contributed by atoms with E-state index in [1.165, 1.54) is 9.80 Å². The molecule has 2 aliphatic heterocycles. The van der Waals surface area contributed by atoms with Gasteiger partial charge in [0.1, 0.15) is 18.1 Å². The van der Waals surface area contributed by atoms with Crippen molar-refractivity contribution >= 4 is 29.5 Å². The third-order valence-electron chi connectivity index (χ3n) is 8.34. The van der Waals surface area contributed by atoms with E-state index in [2.05, 4.69) is 16.7 Å². The molecule has 0 aromatic heterocycles. The first-order valence-corrected chi connectivity index (χ1v) is 13.4. The molecule has 202 valence electrons. The molecular formula is C28H35N5O5. The molecule has 0 radical (unpaired) electrons. The minimum Gasteiger partial charge on any atom is -0.465 e. The summed E-state index contributed by atoms with van der Waals surface area (Å²) in [5.74, 6) is -0.904. The average molecular weight is 522 g/mol. The minimum atomic E-state index is -1.17. The normalized spacial score (nSPS) is 25.8. The lowest BCUT2D eigenvalue weighted by Gasteiger charge is -2.39. The summed E-state index contributed by atoms with van der Waals surface area (Å²) in [7, 11) is 0. The number of rotatable bonds is 7. The van der Waals surface area contributed by atoms with E-state index >= 15 is 0 Å². The SMILES string of the molecule is CC(C)(C)N(C(=O)O)[C@H](C(=O)N[C@@H](CC1CC1)C(=O)N1C[C@]2(C[C@H]1C#N)C(=O)Nc1ccccc12)C1CC1. The predicted molar refractivity (Wildman–Crippen MR) is 138 cm³/mol. The Kier molecular flexibility index (Phi) is 6.36. The van der Waals surface area contributed by atoms with Gasteiger partial charge in [0, 0.05) is 24.2 Å². The van der Waals surface area contributed by atoms with Crippen LogP contribution < -0.4 is 10.6 Å². The number of carbonyl (C=O) groups is 4. The summed E-state index contributed by atoms with van der Waals surface area (Å²) in [5.41, 5.74) is -0.346. The van der Waals surface area contributed by atoms with Crippen LogP contribution in [0.5, 0.6) is 0 Å². The lowest BCUT2D eigenvalue weighted by molar-refractivity contribution is -0.139. The molecule has 5 rings (SSSR count). The molecule has 2 heterocycles. The Labute approximate surface area is 222 Å². The summed E-state index contributed by atoms with van der Waals surface area (Å²) < 4.78 is 0. The molecule has 0 unspecified atom stereocenters. The molecule has 10 heteroatoms. The van der Waals surface area contributed by atoms with Crippen molar-refractivity contribution in [3.05, 3.63) is 29.8 Å². The molecule has 1 aromatic rings. The Balaban J connectivity index is 1.41. The summed E-state index contributed by atoms with van der Waals surface area (Å²) in [6.07, 6.45) is 2.84. The molecule has 0 bridgehead atoms. The van der Waals surface area contributed by atoms with Crippen LogP contribution in [0.2, 0.25) is 0 Å². The summed E-state index contributed by atoms with van der Waals surface area (Å²) in [4.78, 5) is 55.6. The van der Waals surface area contributed by atoms with E-state index in [-0.39, 0.29) is 30.7 Å². The third-order valence-corrected chi connectivity index (χ3v) is 8.34. The Morgan fingerprint density at radius 1 is 1.24 bits per heavy atom. The van der Waals surface area contributed by atoms with Gasteiger partial charge in [-0.05, 0) is 63.5 Å². The fraction of sp³-hybridized carbons (Fsp3) is 0.607. The zero-order valence-electron chi connectivity index (χ0n) is 22.1. The smallest absolute Gasteiger partial charge is 0.408 e. The van der Waals surface area contributed by atoms with E-state index in [4.69, 9.17) is 0 Å². The quantitative estimate of drug-likeness (QED) is 0.504. The first-order chi connectivity index (χ1) is 18.0. The molecule has 2 saturated carbocycles. The van der Waals surface area contributed by atoms with Gasteiger partial charge in [-0.15, -0.1) is 0 Å². The van der Waals surface area contributed by atoms with Crippen molar-refractivity contribution in [2.75, 3.05) is 11.9 Å². The number of likely N-dealkylation sites (tertiary alicyclic amines) is 1. The molecule has 3 N–H and O–H groups in total. The Morgan fingerprint density at radius 2 is 1.92 bits per heavy atom. The van der Waals surface area contributed by atoms with Gasteiger partial charge in [-0.1, -0.05) is 31.0 Å². The maximum Gasteiger partial charge on any atom is 0.408 e. The summed E-state index contributed by atoms with van der Waals surface area (Å²) >= 11 is 0. The third kappa shape index (κ3) is 4.59. The highest BCUT2D eigenvalue weighted by Crippen LogP contribution is 2.47. The van der Waals surface area contributed by atoms with Gasteiger partial charge in [-0.3, -0.25) is 19.3 Å². The van der Waals surface area contributed by atoms with Crippen LogP contribution in [0.15, 0.2) is 24.3 Å². The second-order valence-electron chi connectivity index (χ2n) is 12.2. The number of fused-ring (bicyclic) bond motifs is 2. The highest BCUT2D eigenvalue weighted by molar-refractivity contribution is 6.07.